The van der Waals surface area contributed by atoms with Crippen LogP contribution >= 0.6 is 11.6 Å². The molecule has 2 aromatic carbocycles. The number of aryl methyl sites for hydroxylation is 1. The topological polar surface area (TPSA) is 50.4 Å². The zero-order valence-corrected chi connectivity index (χ0v) is 20.4. The Bertz CT molecular complexity index is 1520. The maximum Gasteiger partial charge on any atom is 0.150 e. The minimum absolute atomic E-state index is 0.342. The third-order valence-corrected chi connectivity index (χ3v) is 7.35. The Morgan fingerprint density at radius 1 is 1.06 bits per heavy atom. The largest absolute Gasteiger partial charge is 0.367 e. The third-order valence-electron chi connectivity index (χ3n) is 7.03. The van der Waals surface area contributed by atoms with E-state index in [1.165, 1.54) is 16.6 Å². The number of hydrogen-bond acceptors (Lipinski definition) is 4. The van der Waals surface area contributed by atoms with E-state index in [0.717, 1.165) is 49.6 Å². The minimum atomic E-state index is 0.342. The number of nitrogens with zero attached hydrogens (tertiary/aromatic N) is 5. The van der Waals surface area contributed by atoms with Crippen LogP contribution in [0.15, 0.2) is 66.9 Å². The second-order valence-electron chi connectivity index (χ2n) is 9.29. The molecule has 8 heteroatoms. The average molecular weight is 481 g/mol. The predicted molar refractivity (Wildman–Crippen MR) is 144 cm³/mol. The molecule has 0 saturated carbocycles. The van der Waals surface area contributed by atoms with E-state index in [0.29, 0.717) is 22.2 Å². The van der Waals surface area contributed by atoms with Gasteiger partial charge in [-0.25, -0.2) is 4.98 Å². The highest BCUT2D eigenvalue weighted by Gasteiger charge is 2.22. The molecule has 3 aromatic heterocycles. The Hall–Kier alpha value is -3.29. The van der Waals surface area contributed by atoms with Crippen LogP contribution in [0.1, 0.15) is 18.5 Å². The van der Waals surface area contributed by atoms with Crippen LogP contribution in [-0.4, -0.2) is 51.0 Å². The van der Waals surface area contributed by atoms with Crippen LogP contribution in [0.2, 0.25) is 5.02 Å². The molecule has 0 bridgehead atoms. The van der Waals surface area contributed by atoms with E-state index >= 15 is 0 Å². The smallest absolute Gasteiger partial charge is 0.150 e. The minimum Gasteiger partial charge on any atom is -0.367 e. The van der Waals surface area contributed by atoms with Gasteiger partial charge in [-0.2, -0.15) is 9.61 Å². The monoisotopic (exact) mass is 480 g/mol. The van der Waals surface area contributed by atoms with Gasteiger partial charge in [-0.05, 0) is 41.9 Å². The molecule has 35 heavy (non-hydrogen) atoms. The highest BCUT2D eigenvalue weighted by atomic mass is 35.5. The van der Waals surface area contributed by atoms with Crippen LogP contribution in [0.4, 0.5) is 5.82 Å². The van der Waals surface area contributed by atoms with Gasteiger partial charge in [0.05, 0.1) is 5.69 Å². The molecule has 1 aliphatic heterocycles. The summed E-state index contributed by atoms with van der Waals surface area (Å²) >= 11 is 6.47. The van der Waals surface area contributed by atoms with Crippen LogP contribution in [0.5, 0.6) is 0 Å². The van der Waals surface area contributed by atoms with Crippen molar-refractivity contribution in [3.05, 3.63) is 77.6 Å². The van der Waals surface area contributed by atoms with E-state index in [1.807, 2.05) is 30.3 Å². The highest BCUT2D eigenvalue weighted by Crippen LogP contribution is 2.29. The molecule has 1 fully saturated rings. The molecule has 0 atom stereocenters. The van der Waals surface area contributed by atoms with E-state index in [4.69, 9.17) is 24.4 Å². The molecule has 4 heterocycles. The highest BCUT2D eigenvalue weighted by molar-refractivity contribution is 6.36. The van der Waals surface area contributed by atoms with Crippen molar-refractivity contribution in [3.8, 4) is 11.3 Å². The SMILES string of the molecule is [B]c1cnn2c(NC3CCN(Cc4cc5ccccc5n4C)CC3)cc(-c3ccccc3Cl)nc12. The molecule has 1 saturated heterocycles. The van der Waals surface area contributed by atoms with Gasteiger partial charge < -0.3 is 9.88 Å². The van der Waals surface area contributed by atoms with Crippen LogP contribution < -0.4 is 10.8 Å². The van der Waals surface area contributed by atoms with Crippen molar-refractivity contribution in [2.45, 2.75) is 25.4 Å². The molecule has 0 unspecified atom stereocenters. The van der Waals surface area contributed by atoms with Gasteiger partial charge in [-0.1, -0.05) is 48.0 Å². The maximum absolute atomic E-state index is 6.47. The fourth-order valence-corrected chi connectivity index (χ4v) is 5.29. The number of para-hydroxylation sites is 1. The van der Waals surface area contributed by atoms with Gasteiger partial charge >= 0.3 is 0 Å². The number of nitrogens with one attached hydrogen (secondary N) is 1. The van der Waals surface area contributed by atoms with Gasteiger partial charge in [0.1, 0.15) is 13.7 Å². The molecule has 1 N–H and O–H groups in total. The zero-order valence-electron chi connectivity index (χ0n) is 19.7. The Kier molecular flexibility index (Phi) is 5.75. The zero-order chi connectivity index (χ0) is 23.9. The lowest BCUT2D eigenvalue weighted by molar-refractivity contribution is 0.207. The lowest BCUT2D eigenvalue weighted by Crippen LogP contribution is -2.39. The fraction of sp³-hybridized carbons (Fsp3) is 0.259. The Labute approximate surface area is 210 Å². The summed E-state index contributed by atoms with van der Waals surface area (Å²) in [6, 6.07) is 21.0. The van der Waals surface area contributed by atoms with E-state index in [-0.39, 0.29) is 0 Å². The maximum atomic E-state index is 6.47. The van der Waals surface area contributed by atoms with Crippen LogP contribution in [0.3, 0.4) is 0 Å². The van der Waals surface area contributed by atoms with Crippen LogP contribution in [-0.2, 0) is 13.6 Å². The van der Waals surface area contributed by atoms with Gasteiger partial charge in [-0.15, -0.1) is 0 Å². The first-order chi connectivity index (χ1) is 17.1. The standard InChI is InChI=1S/C27H26BClN6/c1-33-20(14-18-6-2-5-9-25(18)33)17-34-12-10-19(11-13-34)31-26-15-24(21-7-3-4-8-23(21)29)32-27-22(28)16-30-35(26)27/h2-9,14-16,19,31H,10-13,17H2,1H3. The van der Waals surface area contributed by atoms with Gasteiger partial charge in [0.25, 0.3) is 0 Å². The Morgan fingerprint density at radius 3 is 2.63 bits per heavy atom. The molecule has 0 amide bonds. The summed E-state index contributed by atoms with van der Waals surface area (Å²) in [5.41, 5.74) is 5.49. The van der Waals surface area contributed by atoms with Gasteiger partial charge in [0.15, 0.2) is 5.65 Å². The van der Waals surface area contributed by atoms with E-state index in [2.05, 4.69) is 57.3 Å². The molecule has 6 rings (SSSR count). The number of likely N-dealkylation sites (tertiary alicyclic amines) is 1. The second-order valence-corrected chi connectivity index (χ2v) is 9.70. The summed E-state index contributed by atoms with van der Waals surface area (Å²) in [6.45, 7) is 3.03. The lowest BCUT2D eigenvalue weighted by Gasteiger charge is -2.33. The number of benzene rings is 2. The fourth-order valence-electron chi connectivity index (χ4n) is 5.06. The number of piperidine rings is 1. The van der Waals surface area contributed by atoms with Crippen molar-refractivity contribution >= 4 is 47.3 Å². The molecular weight excluding hydrogens is 455 g/mol. The van der Waals surface area contributed by atoms with Gasteiger partial charge in [0, 0.05) is 66.8 Å². The first-order valence-corrected chi connectivity index (χ1v) is 12.4. The summed E-state index contributed by atoms with van der Waals surface area (Å²) in [4.78, 5) is 7.28. The first-order valence-electron chi connectivity index (χ1n) is 12.0. The quantitative estimate of drug-likeness (QED) is 0.379. The van der Waals surface area contributed by atoms with E-state index < -0.39 is 0 Å². The normalized spacial score (nSPS) is 15.3. The number of aromatic nitrogens is 4. The molecular formula is C27H26BClN6. The average Bonchev–Trinajstić information content (AvgIpc) is 3.40. The van der Waals surface area contributed by atoms with Gasteiger partial charge in [-0.3, -0.25) is 4.90 Å². The lowest BCUT2D eigenvalue weighted by atomic mass is 10.0. The molecule has 174 valence electrons. The number of halogens is 1. The second kappa shape index (κ2) is 9.06. The summed E-state index contributed by atoms with van der Waals surface area (Å²) in [5.74, 6) is 0.883. The predicted octanol–water partition coefficient (Wildman–Crippen LogP) is 4.41. The molecule has 2 radical (unpaired) electrons. The summed E-state index contributed by atoms with van der Waals surface area (Å²) in [7, 11) is 8.34. The molecule has 6 nitrogen and oxygen atoms in total. The number of rotatable bonds is 5. The van der Waals surface area contributed by atoms with E-state index in [9.17, 15) is 0 Å². The Balaban J connectivity index is 1.19. The number of fused-ring (bicyclic) bond motifs is 2. The molecule has 0 aliphatic carbocycles. The van der Waals surface area contributed by atoms with Crippen molar-refractivity contribution in [2.75, 3.05) is 18.4 Å². The molecule has 1 aliphatic rings. The summed E-state index contributed by atoms with van der Waals surface area (Å²) < 4.78 is 4.10. The number of anilines is 1. The summed E-state index contributed by atoms with van der Waals surface area (Å²) in [5, 5.41) is 10.1. The van der Waals surface area contributed by atoms with Crippen LogP contribution in [0.25, 0.3) is 27.8 Å². The Morgan fingerprint density at radius 2 is 1.83 bits per heavy atom. The van der Waals surface area contributed by atoms with Crippen molar-refractivity contribution in [3.63, 3.8) is 0 Å². The van der Waals surface area contributed by atoms with Crippen LogP contribution in [0, 0.1) is 0 Å². The van der Waals surface area contributed by atoms with Crippen molar-refractivity contribution in [1.29, 1.82) is 0 Å². The van der Waals surface area contributed by atoms with Crippen molar-refractivity contribution < 1.29 is 0 Å². The van der Waals surface area contributed by atoms with Gasteiger partial charge in [0.2, 0.25) is 0 Å². The first kappa shape index (κ1) is 22.2. The molecule has 0 spiro atoms. The molecule has 5 aromatic rings. The van der Waals surface area contributed by atoms with E-state index in [1.54, 1.807) is 10.7 Å². The van der Waals surface area contributed by atoms with Crippen molar-refractivity contribution in [1.82, 2.24) is 24.1 Å². The third kappa shape index (κ3) is 4.19. The number of hydrogen-bond donors (Lipinski definition) is 1. The summed E-state index contributed by atoms with van der Waals surface area (Å²) in [6.07, 6.45) is 3.74. The van der Waals surface area contributed by atoms with Crippen molar-refractivity contribution in [2.24, 2.45) is 7.05 Å².